The van der Waals surface area contributed by atoms with Gasteiger partial charge in [-0.15, -0.1) is 11.8 Å². The topological polar surface area (TPSA) is 66.5 Å². The Hall–Kier alpha value is -3.45. The van der Waals surface area contributed by atoms with Crippen molar-refractivity contribution < 1.29 is 18.8 Å². The molecule has 0 radical (unpaired) electrons. The van der Waals surface area contributed by atoms with Crippen LogP contribution in [0.25, 0.3) is 0 Å². The molecule has 7 heteroatoms. The highest BCUT2D eigenvalue weighted by atomic mass is 32.2. The second kappa shape index (κ2) is 9.36. The third-order valence-corrected chi connectivity index (χ3v) is 6.29. The summed E-state index contributed by atoms with van der Waals surface area (Å²) in [4.78, 5) is 38.5. The molecule has 0 atom stereocenters. The number of carbonyl (C=O) groups is 3. The highest BCUT2D eigenvalue weighted by Gasteiger charge is 2.25. The van der Waals surface area contributed by atoms with Crippen LogP contribution in [0.5, 0.6) is 0 Å². The minimum atomic E-state index is -0.526. The summed E-state index contributed by atoms with van der Waals surface area (Å²) < 4.78 is 14.1. The molecule has 3 aromatic carbocycles. The number of anilines is 2. The normalized spacial score (nSPS) is 12.4. The highest BCUT2D eigenvalue weighted by molar-refractivity contribution is 8.00. The molecular formula is C25H21FN2O3S. The summed E-state index contributed by atoms with van der Waals surface area (Å²) >= 11 is 1.05. The van der Waals surface area contributed by atoms with E-state index in [1.54, 1.807) is 35.2 Å². The summed E-state index contributed by atoms with van der Waals surface area (Å²) in [6.07, 6.45) is 0.839. The van der Waals surface area contributed by atoms with E-state index in [1.807, 2.05) is 24.3 Å². The van der Waals surface area contributed by atoms with E-state index in [0.717, 1.165) is 29.4 Å². The number of fused-ring (bicyclic) bond motifs is 1. The maximum Gasteiger partial charge on any atom is 0.258 e. The smallest absolute Gasteiger partial charge is 0.258 e. The average Bonchev–Trinajstić information content (AvgIpc) is 3.22. The van der Waals surface area contributed by atoms with Gasteiger partial charge < -0.3 is 10.2 Å². The Balaban J connectivity index is 1.34. The molecule has 4 rings (SSSR count). The number of nitrogens with one attached hydrogen (secondary N) is 1. The predicted molar refractivity (Wildman–Crippen MR) is 124 cm³/mol. The number of halogens is 1. The Bertz CT molecular complexity index is 1190. The van der Waals surface area contributed by atoms with Crippen molar-refractivity contribution in [3.05, 3.63) is 89.2 Å². The molecule has 3 aromatic rings. The zero-order valence-electron chi connectivity index (χ0n) is 17.4. The first-order valence-electron chi connectivity index (χ1n) is 10.2. The van der Waals surface area contributed by atoms with E-state index in [4.69, 9.17) is 0 Å². The van der Waals surface area contributed by atoms with Gasteiger partial charge in [0.2, 0.25) is 5.91 Å². The van der Waals surface area contributed by atoms with E-state index >= 15 is 0 Å². The fourth-order valence-corrected chi connectivity index (χ4v) is 4.30. The summed E-state index contributed by atoms with van der Waals surface area (Å²) in [5, 5.41) is 2.75. The van der Waals surface area contributed by atoms with Crippen molar-refractivity contribution in [3.63, 3.8) is 0 Å². The number of thioether (sulfide) groups is 1. The molecule has 0 fully saturated rings. The Morgan fingerprint density at radius 2 is 1.72 bits per heavy atom. The average molecular weight is 449 g/mol. The molecular weight excluding hydrogens is 427 g/mol. The Morgan fingerprint density at radius 3 is 2.44 bits per heavy atom. The molecule has 0 aromatic heterocycles. The summed E-state index contributed by atoms with van der Waals surface area (Å²) in [6.45, 7) is 2.02. The third-order valence-electron chi connectivity index (χ3n) is 5.25. The lowest BCUT2D eigenvalue weighted by Crippen LogP contribution is -2.28. The molecule has 32 heavy (non-hydrogen) atoms. The molecule has 0 bridgehead atoms. The lowest BCUT2D eigenvalue weighted by atomic mass is 10.1. The SMILES string of the molecule is CC(=O)c1ccc(SCC(=O)Nc2ccc(C(=O)N3CCc4ccccc43)cc2)c(F)c1. The van der Waals surface area contributed by atoms with Gasteiger partial charge in [-0.1, -0.05) is 24.3 Å². The second-order valence-electron chi connectivity index (χ2n) is 7.45. The number of para-hydroxylation sites is 1. The van der Waals surface area contributed by atoms with Crippen molar-refractivity contribution in [1.82, 2.24) is 0 Å². The Morgan fingerprint density at radius 1 is 1.00 bits per heavy atom. The van der Waals surface area contributed by atoms with Crippen LogP contribution in [0.3, 0.4) is 0 Å². The lowest BCUT2D eigenvalue weighted by molar-refractivity contribution is -0.113. The van der Waals surface area contributed by atoms with Gasteiger partial charge in [0, 0.05) is 33.9 Å². The van der Waals surface area contributed by atoms with Crippen molar-refractivity contribution in [2.45, 2.75) is 18.2 Å². The first-order valence-corrected chi connectivity index (χ1v) is 11.1. The van der Waals surface area contributed by atoms with Crippen LogP contribution in [-0.4, -0.2) is 29.9 Å². The van der Waals surface area contributed by atoms with Crippen molar-refractivity contribution >= 4 is 40.7 Å². The fourth-order valence-electron chi connectivity index (χ4n) is 3.58. The first-order chi connectivity index (χ1) is 15.4. The van der Waals surface area contributed by atoms with Crippen molar-refractivity contribution in [2.75, 3.05) is 22.5 Å². The largest absolute Gasteiger partial charge is 0.325 e. The number of nitrogens with zero attached hydrogens (tertiary/aromatic N) is 1. The van der Waals surface area contributed by atoms with Crippen LogP contribution in [0.1, 0.15) is 33.2 Å². The number of benzene rings is 3. The summed E-state index contributed by atoms with van der Waals surface area (Å²) in [7, 11) is 0. The van der Waals surface area contributed by atoms with Crippen LogP contribution in [0, 0.1) is 5.82 Å². The number of ketones is 1. The van der Waals surface area contributed by atoms with Crippen LogP contribution in [0.15, 0.2) is 71.6 Å². The minimum absolute atomic E-state index is 0.0155. The summed E-state index contributed by atoms with van der Waals surface area (Å²) in [5.74, 6) is -1.09. The van der Waals surface area contributed by atoms with Crippen LogP contribution >= 0.6 is 11.8 Å². The monoisotopic (exact) mass is 448 g/mol. The van der Waals surface area contributed by atoms with Crippen LogP contribution in [-0.2, 0) is 11.2 Å². The summed E-state index contributed by atoms with van der Waals surface area (Å²) in [6, 6.07) is 18.8. The number of hydrogen-bond donors (Lipinski definition) is 1. The van der Waals surface area contributed by atoms with Crippen molar-refractivity contribution in [1.29, 1.82) is 0 Å². The molecule has 0 aliphatic carbocycles. The molecule has 1 heterocycles. The van der Waals surface area contributed by atoms with Crippen LogP contribution in [0.4, 0.5) is 15.8 Å². The van der Waals surface area contributed by atoms with Crippen LogP contribution < -0.4 is 10.2 Å². The van der Waals surface area contributed by atoms with E-state index in [0.29, 0.717) is 28.3 Å². The van der Waals surface area contributed by atoms with Gasteiger partial charge in [0.25, 0.3) is 5.91 Å². The van der Waals surface area contributed by atoms with Gasteiger partial charge in [-0.05, 0) is 61.4 Å². The van der Waals surface area contributed by atoms with E-state index in [-0.39, 0.29) is 23.4 Å². The number of carbonyl (C=O) groups excluding carboxylic acids is 3. The molecule has 5 nitrogen and oxygen atoms in total. The van der Waals surface area contributed by atoms with Crippen molar-refractivity contribution in [3.8, 4) is 0 Å². The maximum absolute atomic E-state index is 14.1. The molecule has 162 valence electrons. The number of rotatable bonds is 6. The Kier molecular flexibility index (Phi) is 6.37. The second-order valence-corrected chi connectivity index (χ2v) is 8.47. The molecule has 2 amide bonds. The third kappa shape index (κ3) is 4.73. The van der Waals surface area contributed by atoms with Gasteiger partial charge in [0.05, 0.1) is 5.75 Å². The van der Waals surface area contributed by atoms with Gasteiger partial charge in [-0.25, -0.2) is 4.39 Å². The zero-order chi connectivity index (χ0) is 22.7. The van der Waals surface area contributed by atoms with E-state index in [9.17, 15) is 18.8 Å². The molecule has 0 saturated heterocycles. The molecule has 1 aliphatic rings. The van der Waals surface area contributed by atoms with Gasteiger partial charge in [0.1, 0.15) is 5.82 Å². The molecule has 0 unspecified atom stereocenters. The van der Waals surface area contributed by atoms with E-state index in [2.05, 4.69) is 5.32 Å². The van der Waals surface area contributed by atoms with Gasteiger partial charge in [-0.3, -0.25) is 14.4 Å². The Labute approximate surface area is 189 Å². The number of amides is 2. The quantitative estimate of drug-likeness (QED) is 0.428. The van der Waals surface area contributed by atoms with Gasteiger partial charge >= 0.3 is 0 Å². The zero-order valence-corrected chi connectivity index (χ0v) is 18.2. The first kappa shape index (κ1) is 21.8. The lowest BCUT2D eigenvalue weighted by Gasteiger charge is -2.17. The van der Waals surface area contributed by atoms with Gasteiger partial charge in [-0.2, -0.15) is 0 Å². The standard InChI is InChI=1S/C25H21FN2O3S/c1-16(29)19-8-11-23(21(26)14-19)32-15-24(30)27-20-9-6-18(7-10-20)25(31)28-13-12-17-4-2-3-5-22(17)28/h2-11,14H,12-13,15H2,1H3,(H,27,30). The van der Waals surface area contributed by atoms with Crippen LogP contribution in [0.2, 0.25) is 0 Å². The van der Waals surface area contributed by atoms with Gasteiger partial charge in [0.15, 0.2) is 5.78 Å². The fraction of sp³-hybridized carbons (Fsp3) is 0.160. The van der Waals surface area contributed by atoms with Crippen molar-refractivity contribution in [2.24, 2.45) is 0 Å². The maximum atomic E-state index is 14.1. The molecule has 0 saturated carbocycles. The molecule has 1 N–H and O–H groups in total. The molecule has 1 aliphatic heterocycles. The number of hydrogen-bond acceptors (Lipinski definition) is 4. The summed E-state index contributed by atoms with van der Waals surface area (Å²) in [5.41, 5.74) is 3.50. The number of Topliss-reactive ketones (excluding diaryl/α,β-unsaturated/α-hetero) is 1. The molecule has 0 spiro atoms. The van der Waals surface area contributed by atoms with E-state index in [1.165, 1.54) is 19.1 Å². The highest BCUT2D eigenvalue weighted by Crippen LogP contribution is 2.29. The van der Waals surface area contributed by atoms with E-state index < -0.39 is 5.82 Å². The predicted octanol–water partition coefficient (Wildman–Crippen LogP) is 4.96. The minimum Gasteiger partial charge on any atom is -0.325 e.